The molecule has 0 aliphatic rings. The molecule has 3 aromatic rings. The molecular weight excluding hydrogens is 264 g/mol. The lowest BCUT2D eigenvalue weighted by Crippen LogP contribution is -1.84. The lowest BCUT2D eigenvalue weighted by Gasteiger charge is -2.00. The quantitative estimate of drug-likeness (QED) is 0.726. The summed E-state index contributed by atoms with van der Waals surface area (Å²) in [4.78, 5) is 8.53. The van der Waals surface area contributed by atoms with Crippen LogP contribution >= 0.6 is 0 Å². The zero-order valence-corrected chi connectivity index (χ0v) is 11.1. The predicted molar refractivity (Wildman–Crippen MR) is 79.8 cm³/mol. The van der Waals surface area contributed by atoms with Crippen molar-refractivity contribution in [3.8, 4) is 17.1 Å². The Kier molecular flexibility index (Phi) is 3.64. The monoisotopic (exact) mass is 276 g/mol. The van der Waals surface area contributed by atoms with Crippen LogP contribution in [0.3, 0.4) is 0 Å². The molecule has 0 spiro atoms. The Labute approximate surface area is 121 Å². The van der Waals surface area contributed by atoms with Crippen LogP contribution in [0.25, 0.3) is 11.4 Å². The zero-order valence-electron chi connectivity index (χ0n) is 11.1. The number of rotatable bonds is 3. The number of benzene rings is 1. The molecule has 1 N–H and O–H groups in total. The minimum atomic E-state index is 0.204. The van der Waals surface area contributed by atoms with E-state index in [0.29, 0.717) is 11.4 Å². The molecule has 0 saturated carbocycles. The summed E-state index contributed by atoms with van der Waals surface area (Å²) < 4.78 is 0. The molecular formula is C16H12N4O. The number of phenols is 1. The summed E-state index contributed by atoms with van der Waals surface area (Å²) in [6, 6.07) is 15.8. The van der Waals surface area contributed by atoms with Crippen LogP contribution in [0.4, 0.5) is 11.4 Å². The Morgan fingerprint density at radius 1 is 0.714 bits per heavy atom. The highest BCUT2D eigenvalue weighted by Gasteiger charge is 2.01. The lowest BCUT2D eigenvalue weighted by molar-refractivity contribution is 0.475. The second-order valence-electron chi connectivity index (χ2n) is 4.33. The van der Waals surface area contributed by atoms with Crippen LogP contribution in [-0.2, 0) is 0 Å². The maximum atomic E-state index is 9.22. The van der Waals surface area contributed by atoms with Crippen molar-refractivity contribution in [2.45, 2.75) is 0 Å². The SMILES string of the molecule is Oc1ccc(N=Nc2ccnc(-c3ccccn3)c2)cc1. The Bertz CT molecular complexity index is 755. The van der Waals surface area contributed by atoms with E-state index < -0.39 is 0 Å². The fourth-order valence-electron chi connectivity index (χ4n) is 1.77. The van der Waals surface area contributed by atoms with Gasteiger partial charge in [0.15, 0.2) is 0 Å². The van der Waals surface area contributed by atoms with E-state index in [-0.39, 0.29) is 5.75 Å². The van der Waals surface area contributed by atoms with Crippen molar-refractivity contribution in [1.82, 2.24) is 9.97 Å². The maximum absolute atomic E-state index is 9.22. The van der Waals surface area contributed by atoms with Gasteiger partial charge >= 0.3 is 0 Å². The van der Waals surface area contributed by atoms with E-state index in [0.717, 1.165) is 11.4 Å². The highest BCUT2D eigenvalue weighted by atomic mass is 16.3. The van der Waals surface area contributed by atoms with Crippen molar-refractivity contribution >= 4 is 11.4 Å². The van der Waals surface area contributed by atoms with Crippen LogP contribution in [0, 0.1) is 0 Å². The summed E-state index contributed by atoms with van der Waals surface area (Å²) in [6.45, 7) is 0. The van der Waals surface area contributed by atoms with Gasteiger partial charge in [-0.1, -0.05) is 6.07 Å². The zero-order chi connectivity index (χ0) is 14.5. The molecule has 5 nitrogen and oxygen atoms in total. The van der Waals surface area contributed by atoms with E-state index in [1.807, 2.05) is 24.3 Å². The van der Waals surface area contributed by atoms with Gasteiger partial charge in [0.05, 0.1) is 22.8 Å². The Balaban J connectivity index is 1.85. The number of pyridine rings is 2. The molecule has 21 heavy (non-hydrogen) atoms. The van der Waals surface area contributed by atoms with Crippen LogP contribution < -0.4 is 0 Å². The molecule has 0 saturated heterocycles. The fraction of sp³-hybridized carbons (Fsp3) is 0. The number of phenolic OH excluding ortho intramolecular Hbond substituents is 1. The van der Waals surface area contributed by atoms with Gasteiger partial charge in [-0.05, 0) is 48.5 Å². The molecule has 0 unspecified atom stereocenters. The molecule has 0 aliphatic heterocycles. The summed E-state index contributed by atoms with van der Waals surface area (Å²) in [6.07, 6.45) is 3.40. The van der Waals surface area contributed by atoms with Crippen molar-refractivity contribution in [2.75, 3.05) is 0 Å². The third-order valence-corrected chi connectivity index (χ3v) is 2.80. The first-order chi connectivity index (χ1) is 10.3. The number of hydrogen-bond donors (Lipinski definition) is 1. The summed E-state index contributed by atoms with van der Waals surface area (Å²) in [5.41, 5.74) is 2.90. The molecule has 2 aromatic heterocycles. The van der Waals surface area contributed by atoms with Gasteiger partial charge in [0, 0.05) is 12.4 Å². The Morgan fingerprint density at radius 3 is 2.24 bits per heavy atom. The van der Waals surface area contributed by atoms with Crippen LogP contribution in [0.15, 0.2) is 77.2 Å². The summed E-state index contributed by atoms with van der Waals surface area (Å²) >= 11 is 0. The molecule has 0 aliphatic carbocycles. The summed E-state index contributed by atoms with van der Waals surface area (Å²) in [5, 5.41) is 17.5. The van der Waals surface area contributed by atoms with E-state index in [1.165, 1.54) is 0 Å². The van der Waals surface area contributed by atoms with Gasteiger partial charge in [-0.25, -0.2) is 0 Å². The van der Waals surface area contributed by atoms with E-state index in [9.17, 15) is 5.11 Å². The maximum Gasteiger partial charge on any atom is 0.115 e. The fourth-order valence-corrected chi connectivity index (χ4v) is 1.77. The van der Waals surface area contributed by atoms with Crippen LogP contribution in [0.5, 0.6) is 5.75 Å². The molecule has 102 valence electrons. The molecule has 0 amide bonds. The van der Waals surface area contributed by atoms with Gasteiger partial charge in [0.2, 0.25) is 0 Å². The predicted octanol–water partition coefficient (Wildman–Crippen LogP) is 4.26. The third kappa shape index (κ3) is 3.27. The van der Waals surface area contributed by atoms with Crippen LogP contribution in [-0.4, -0.2) is 15.1 Å². The molecule has 0 bridgehead atoms. The molecule has 2 heterocycles. The number of aromatic hydroxyl groups is 1. The average molecular weight is 276 g/mol. The van der Waals surface area contributed by atoms with Gasteiger partial charge < -0.3 is 5.11 Å². The Morgan fingerprint density at radius 2 is 1.48 bits per heavy atom. The molecule has 0 radical (unpaired) electrons. The van der Waals surface area contributed by atoms with Crippen molar-refractivity contribution in [3.63, 3.8) is 0 Å². The molecule has 5 heteroatoms. The minimum absolute atomic E-state index is 0.204. The lowest BCUT2D eigenvalue weighted by atomic mass is 10.2. The largest absolute Gasteiger partial charge is 0.508 e. The van der Waals surface area contributed by atoms with E-state index >= 15 is 0 Å². The van der Waals surface area contributed by atoms with E-state index in [2.05, 4.69) is 20.2 Å². The standard InChI is InChI=1S/C16H12N4O/c21-14-6-4-12(5-7-14)19-20-13-8-10-18-16(11-13)15-3-1-2-9-17-15/h1-11,21H. The number of aromatic nitrogens is 2. The molecule has 3 rings (SSSR count). The normalized spacial score (nSPS) is 10.9. The van der Waals surface area contributed by atoms with Crippen molar-refractivity contribution in [2.24, 2.45) is 10.2 Å². The van der Waals surface area contributed by atoms with Crippen molar-refractivity contribution in [1.29, 1.82) is 0 Å². The van der Waals surface area contributed by atoms with Crippen molar-refractivity contribution in [3.05, 3.63) is 67.0 Å². The summed E-state index contributed by atoms with van der Waals surface area (Å²) in [5.74, 6) is 0.204. The molecule has 1 aromatic carbocycles. The van der Waals surface area contributed by atoms with Gasteiger partial charge in [0.1, 0.15) is 5.75 Å². The average Bonchev–Trinajstić information content (AvgIpc) is 2.55. The topological polar surface area (TPSA) is 70.7 Å². The van der Waals surface area contributed by atoms with Gasteiger partial charge in [-0.2, -0.15) is 10.2 Å². The van der Waals surface area contributed by atoms with Crippen LogP contribution in [0.1, 0.15) is 0 Å². The third-order valence-electron chi connectivity index (χ3n) is 2.80. The molecule has 0 fully saturated rings. The minimum Gasteiger partial charge on any atom is -0.508 e. The number of hydrogen-bond acceptors (Lipinski definition) is 5. The molecule has 0 atom stereocenters. The highest BCUT2D eigenvalue weighted by Crippen LogP contribution is 2.23. The Hall–Kier alpha value is -3.08. The highest BCUT2D eigenvalue weighted by molar-refractivity contribution is 5.58. The number of nitrogens with zero attached hydrogens (tertiary/aromatic N) is 4. The van der Waals surface area contributed by atoms with Gasteiger partial charge in [-0.3, -0.25) is 9.97 Å². The first-order valence-corrected chi connectivity index (χ1v) is 6.39. The summed E-state index contributed by atoms with van der Waals surface area (Å²) in [7, 11) is 0. The van der Waals surface area contributed by atoms with Gasteiger partial charge in [0.25, 0.3) is 0 Å². The smallest absolute Gasteiger partial charge is 0.115 e. The second-order valence-corrected chi connectivity index (χ2v) is 4.33. The number of azo groups is 1. The first-order valence-electron chi connectivity index (χ1n) is 6.39. The van der Waals surface area contributed by atoms with E-state index in [1.54, 1.807) is 42.7 Å². The van der Waals surface area contributed by atoms with Crippen LogP contribution in [0.2, 0.25) is 0 Å². The van der Waals surface area contributed by atoms with E-state index in [4.69, 9.17) is 0 Å². The van der Waals surface area contributed by atoms with Crippen molar-refractivity contribution < 1.29 is 5.11 Å². The second kappa shape index (κ2) is 5.92. The first kappa shape index (κ1) is 12.9. The van der Waals surface area contributed by atoms with Gasteiger partial charge in [-0.15, -0.1) is 0 Å².